The van der Waals surface area contributed by atoms with Crippen LogP contribution in [0.5, 0.6) is 0 Å². The van der Waals surface area contributed by atoms with Crippen molar-refractivity contribution in [3.05, 3.63) is 40.1 Å². The molecule has 0 radical (unpaired) electrons. The highest BCUT2D eigenvalue weighted by molar-refractivity contribution is 9.10. The number of hydrogen-bond donors (Lipinski definition) is 1. The molecule has 2 aromatic rings. The van der Waals surface area contributed by atoms with E-state index in [0.29, 0.717) is 12.1 Å². The van der Waals surface area contributed by atoms with Crippen LogP contribution in [0.25, 0.3) is 5.69 Å². The lowest BCUT2D eigenvalue weighted by Crippen LogP contribution is -2.08. The van der Waals surface area contributed by atoms with E-state index >= 15 is 0 Å². The quantitative estimate of drug-likeness (QED) is 0.886. The molecule has 1 aromatic heterocycles. The SMILES string of the molecule is CCC(N)c1cn(-c2cc(Br)c(F)cc2F)nn1. The van der Waals surface area contributed by atoms with Crippen molar-refractivity contribution in [3.8, 4) is 5.69 Å². The van der Waals surface area contributed by atoms with Gasteiger partial charge in [0.25, 0.3) is 0 Å². The van der Waals surface area contributed by atoms with Crippen molar-refractivity contribution in [2.24, 2.45) is 5.73 Å². The van der Waals surface area contributed by atoms with Crippen LogP contribution in [0, 0.1) is 11.6 Å². The van der Waals surface area contributed by atoms with Gasteiger partial charge in [0.1, 0.15) is 11.5 Å². The molecule has 0 aliphatic heterocycles. The van der Waals surface area contributed by atoms with Gasteiger partial charge in [-0.3, -0.25) is 0 Å². The minimum atomic E-state index is -0.711. The average molecular weight is 317 g/mol. The maximum Gasteiger partial charge on any atom is 0.151 e. The fourth-order valence-corrected chi connectivity index (χ4v) is 1.79. The highest BCUT2D eigenvalue weighted by Crippen LogP contribution is 2.23. The van der Waals surface area contributed by atoms with Crippen LogP contribution >= 0.6 is 15.9 Å². The summed E-state index contributed by atoms with van der Waals surface area (Å²) in [7, 11) is 0. The van der Waals surface area contributed by atoms with E-state index in [1.165, 1.54) is 16.9 Å². The molecule has 18 heavy (non-hydrogen) atoms. The van der Waals surface area contributed by atoms with Gasteiger partial charge in [0, 0.05) is 6.07 Å². The van der Waals surface area contributed by atoms with Gasteiger partial charge in [0.2, 0.25) is 0 Å². The molecule has 2 N–H and O–H groups in total. The fraction of sp³-hybridized carbons (Fsp3) is 0.273. The zero-order chi connectivity index (χ0) is 13.3. The van der Waals surface area contributed by atoms with Gasteiger partial charge in [0.05, 0.1) is 22.4 Å². The Morgan fingerprint density at radius 3 is 2.78 bits per heavy atom. The third-order valence-corrected chi connectivity index (χ3v) is 3.18. The number of aromatic nitrogens is 3. The molecule has 0 spiro atoms. The Hall–Kier alpha value is -1.34. The standard InChI is InChI=1S/C11H11BrF2N4/c1-2-9(15)10-5-18(17-16-10)11-3-6(12)7(13)4-8(11)14/h3-5,9H,2,15H2,1H3. The van der Waals surface area contributed by atoms with E-state index in [9.17, 15) is 8.78 Å². The van der Waals surface area contributed by atoms with Crippen LogP contribution in [-0.4, -0.2) is 15.0 Å². The van der Waals surface area contributed by atoms with Crippen LogP contribution in [0.3, 0.4) is 0 Å². The van der Waals surface area contributed by atoms with E-state index in [4.69, 9.17) is 5.73 Å². The molecule has 1 unspecified atom stereocenters. The number of hydrogen-bond acceptors (Lipinski definition) is 3. The Morgan fingerprint density at radius 1 is 1.39 bits per heavy atom. The summed E-state index contributed by atoms with van der Waals surface area (Å²) in [4.78, 5) is 0. The van der Waals surface area contributed by atoms with Crippen molar-refractivity contribution in [1.82, 2.24) is 15.0 Å². The summed E-state index contributed by atoms with van der Waals surface area (Å²) < 4.78 is 28.1. The first-order chi connectivity index (χ1) is 8.52. The smallest absolute Gasteiger partial charge is 0.151 e. The topological polar surface area (TPSA) is 56.7 Å². The lowest BCUT2D eigenvalue weighted by atomic mass is 10.2. The van der Waals surface area contributed by atoms with Gasteiger partial charge in [-0.2, -0.15) is 0 Å². The minimum absolute atomic E-state index is 0.116. The fourth-order valence-electron chi connectivity index (χ4n) is 1.46. The van der Waals surface area contributed by atoms with Crippen molar-refractivity contribution in [3.63, 3.8) is 0 Å². The van der Waals surface area contributed by atoms with Gasteiger partial charge < -0.3 is 5.73 Å². The Kier molecular flexibility index (Phi) is 3.72. The van der Waals surface area contributed by atoms with E-state index in [1.807, 2.05) is 6.92 Å². The van der Waals surface area contributed by atoms with Crippen LogP contribution in [0.2, 0.25) is 0 Å². The second-order valence-corrected chi connectivity index (χ2v) is 4.67. The number of rotatable bonds is 3. The highest BCUT2D eigenvalue weighted by atomic mass is 79.9. The van der Waals surface area contributed by atoms with Crippen LogP contribution in [-0.2, 0) is 0 Å². The van der Waals surface area contributed by atoms with Gasteiger partial charge >= 0.3 is 0 Å². The third-order valence-electron chi connectivity index (χ3n) is 2.57. The normalized spacial score (nSPS) is 12.7. The summed E-state index contributed by atoms with van der Waals surface area (Å²) in [5, 5.41) is 7.66. The summed E-state index contributed by atoms with van der Waals surface area (Å²) in [6.45, 7) is 1.92. The largest absolute Gasteiger partial charge is 0.323 e. The molecule has 1 aromatic carbocycles. The summed E-state index contributed by atoms with van der Waals surface area (Å²) in [6, 6.07) is 1.85. The molecular formula is C11H11BrF2N4. The number of halogens is 3. The average Bonchev–Trinajstić information content (AvgIpc) is 2.82. The second-order valence-electron chi connectivity index (χ2n) is 3.82. The minimum Gasteiger partial charge on any atom is -0.323 e. The van der Waals surface area contributed by atoms with Crippen molar-refractivity contribution in [1.29, 1.82) is 0 Å². The predicted molar refractivity (Wildman–Crippen MR) is 66.2 cm³/mol. The molecule has 0 saturated carbocycles. The zero-order valence-electron chi connectivity index (χ0n) is 9.57. The van der Waals surface area contributed by atoms with E-state index in [-0.39, 0.29) is 16.2 Å². The summed E-state index contributed by atoms with van der Waals surface area (Å²) in [5.41, 5.74) is 6.48. The molecule has 2 rings (SSSR count). The first-order valence-corrected chi connectivity index (χ1v) is 6.15. The molecule has 4 nitrogen and oxygen atoms in total. The number of nitrogens with two attached hydrogens (primary N) is 1. The molecule has 96 valence electrons. The van der Waals surface area contributed by atoms with E-state index in [0.717, 1.165) is 6.07 Å². The number of benzene rings is 1. The first kappa shape index (κ1) is 13.1. The second kappa shape index (κ2) is 5.11. The molecule has 0 fully saturated rings. The van der Waals surface area contributed by atoms with Crippen LogP contribution < -0.4 is 5.73 Å². The monoisotopic (exact) mass is 316 g/mol. The predicted octanol–water partition coefficient (Wildman–Crippen LogP) is 2.72. The van der Waals surface area contributed by atoms with Gasteiger partial charge in [-0.15, -0.1) is 5.10 Å². The molecule has 0 saturated heterocycles. The molecule has 1 heterocycles. The summed E-state index contributed by atoms with van der Waals surface area (Å²) in [5.74, 6) is -1.38. The van der Waals surface area contributed by atoms with Crippen molar-refractivity contribution in [2.45, 2.75) is 19.4 Å². The van der Waals surface area contributed by atoms with Crippen LogP contribution in [0.4, 0.5) is 8.78 Å². The molecular weight excluding hydrogens is 306 g/mol. The van der Waals surface area contributed by atoms with Gasteiger partial charge in [-0.1, -0.05) is 12.1 Å². The van der Waals surface area contributed by atoms with E-state index in [1.54, 1.807) is 0 Å². The Balaban J connectivity index is 2.43. The van der Waals surface area contributed by atoms with E-state index < -0.39 is 11.6 Å². The zero-order valence-corrected chi connectivity index (χ0v) is 11.2. The Morgan fingerprint density at radius 2 is 2.11 bits per heavy atom. The summed E-state index contributed by atoms with van der Waals surface area (Å²) in [6.07, 6.45) is 2.24. The molecule has 7 heteroatoms. The molecule has 0 aliphatic rings. The Bertz CT molecular complexity index is 570. The lowest BCUT2D eigenvalue weighted by molar-refractivity contribution is 0.568. The van der Waals surface area contributed by atoms with Gasteiger partial charge in [0.15, 0.2) is 5.82 Å². The summed E-state index contributed by atoms with van der Waals surface area (Å²) >= 11 is 3.00. The maximum absolute atomic E-state index is 13.6. The third kappa shape index (κ3) is 2.41. The number of nitrogens with zero attached hydrogens (tertiary/aromatic N) is 3. The van der Waals surface area contributed by atoms with Crippen LogP contribution in [0.15, 0.2) is 22.8 Å². The molecule has 0 bridgehead atoms. The van der Waals surface area contributed by atoms with Crippen molar-refractivity contribution in [2.75, 3.05) is 0 Å². The first-order valence-electron chi connectivity index (χ1n) is 5.35. The lowest BCUT2D eigenvalue weighted by Gasteiger charge is -2.04. The molecule has 1 atom stereocenters. The van der Waals surface area contributed by atoms with Gasteiger partial charge in [-0.25, -0.2) is 13.5 Å². The Labute approximate surface area is 111 Å². The molecule has 0 amide bonds. The van der Waals surface area contributed by atoms with Crippen LogP contribution in [0.1, 0.15) is 25.1 Å². The highest BCUT2D eigenvalue weighted by Gasteiger charge is 2.14. The van der Waals surface area contributed by atoms with Gasteiger partial charge in [-0.05, 0) is 28.4 Å². The van der Waals surface area contributed by atoms with Crippen molar-refractivity contribution < 1.29 is 8.78 Å². The van der Waals surface area contributed by atoms with Crippen molar-refractivity contribution >= 4 is 15.9 Å². The van der Waals surface area contributed by atoms with E-state index in [2.05, 4.69) is 26.2 Å². The maximum atomic E-state index is 13.6. The molecule has 0 aliphatic carbocycles.